The van der Waals surface area contributed by atoms with Gasteiger partial charge in [-0.1, -0.05) is 60.7 Å². The standard InChI is InChI=1S/C25H24O6/c1-28-22-19(14-15-20(26)18-12-8-5-9-13-18)21(27)23(29-2)25(24(22)30-3)31-16-17-10-6-4-7-11-17/h4-15,27H,16H2,1-3H3/b15-14+. The molecule has 0 aromatic heterocycles. The van der Waals surface area contributed by atoms with Crippen molar-refractivity contribution >= 4 is 11.9 Å². The first-order chi connectivity index (χ1) is 15.1. The lowest BCUT2D eigenvalue weighted by molar-refractivity contribution is 0.104. The van der Waals surface area contributed by atoms with Gasteiger partial charge in [-0.3, -0.25) is 4.79 Å². The molecule has 3 aromatic rings. The Labute approximate surface area is 181 Å². The zero-order chi connectivity index (χ0) is 22.2. The van der Waals surface area contributed by atoms with Crippen LogP contribution in [-0.4, -0.2) is 32.2 Å². The van der Waals surface area contributed by atoms with Gasteiger partial charge in [0.05, 0.1) is 26.9 Å². The summed E-state index contributed by atoms with van der Waals surface area (Å²) in [4.78, 5) is 12.5. The van der Waals surface area contributed by atoms with Crippen LogP contribution in [0.25, 0.3) is 6.08 Å². The van der Waals surface area contributed by atoms with Gasteiger partial charge >= 0.3 is 0 Å². The average molecular weight is 420 g/mol. The van der Waals surface area contributed by atoms with Crippen molar-refractivity contribution in [1.82, 2.24) is 0 Å². The highest BCUT2D eigenvalue weighted by molar-refractivity contribution is 6.07. The van der Waals surface area contributed by atoms with Gasteiger partial charge in [0.2, 0.25) is 17.2 Å². The molecule has 3 rings (SSSR count). The van der Waals surface area contributed by atoms with Gasteiger partial charge in [0.15, 0.2) is 17.3 Å². The van der Waals surface area contributed by atoms with Gasteiger partial charge in [-0.05, 0) is 17.7 Å². The van der Waals surface area contributed by atoms with Crippen LogP contribution in [0.2, 0.25) is 0 Å². The van der Waals surface area contributed by atoms with Crippen LogP contribution in [0.1, 0.15) is 21.5 Å². The molecule has 0 aliphatic carbocycles. The second-order valence-electron chi connectivity index (χ2n) is 6.53. The van der Waals surface area contributed by atoms with Crippen LogP contribution in [0, 0.1) is 0 Å². The molecule has 0 amide bonds. The summed E-state index contributed by atoms with van der Waals surface area (Å²) in [6.45, 7) is 0.234. The number of hydrogen-bond donors (Lipinski definition) is 1. The maximum atomic E-state index is 12.5. The third-order valence-electron chi connectivity index (χ3n) is 4.63. The SMILES string of the molecule is COc1c(O)c(/C=C/C(=O)c2ccccc2)c(OC)c(OC)c1OCc1ccccc1. The Kier molecular flexibility index (Phi) is 7.17. The van der Waals surface area contributed by atoms with E-state index in [0.717, 1.165) is 5.56 Å². The van der Waals surface area contributed by atoms with Crippen molar-refractivity contribution < 1.29 is 28.8 Å². The number of allylic oxidation sites excluding steroid dienone is 1. The maximum Gasteiger partial charge on any atom is 0.211 e. The lowest BCUT2D eigenvalue weighted by Crippen LogP contribution is -2.03. The molecule has 160 valence electrons. The highest BCUT2D eigenvalue weighted by atomic mass is 16.6. The minimum absolute atomic E-state index is 0.0837. The number of benzene rings is 3. The molecule has 0 saturated carbocycles. The van der Waals surface area contributed by atoms with Gasteiger partial charge in [-0.25, -0.2) is 0 Å². The van der Waals surface area contributed by atoms with Crippen molar-refractivity contribution in [2.75, 3.05) is 21.3 Å². The first kappa shape index (κ1) is 21.8. The minimum atomic E-state index is -0.222. The molecule has 0 atom stereocenters. The molecule has 0 fully saturated rings. The minimum Gasteiger partial charge on any atom is -0.504 e. The van der Waals surface area contributed by atoms with Crippen molar-refractivity contribution in [3.05, 3.63) is 83.4 Å². The molecule has 6 nitrogen and oxygen atoms in total. The predicted octanol–water partition coefficient (Wildman–Crippen LogP) is 4.89. The van der Waals surface area contributed by atoms with Crippen LogP contribution >= 0.6 is 0 Å². The largest absolute Gasteiger partial charge is 0.504 e. The molecular weight excluding hydrogens is 396 g/mol. The zero-order valence-electron chi connectivity index (χ0n) is 17.6. The molecule has 0 unspecified atom stereocenters. The van der Waals surface area contributed by atoms with Gasteiger partial charge in [0.1, 0.15) is 6.61 Å². The fourth-order valence-electron chi connectivity index (χ4n) is 3.12. The molecule has 0 heterocycles. The van der Waals surface area contributed by atoms with E-state index >= 15 is 0 Å². The number of ketones is 1. The summed E-state index contributed by atoms with van der Waals surface area (Å²) in [6, 6.07) is 18.4. The normalized spacial score (nSPS) is 10.7. The highest BCUT2D eigenvalue weighted by Crippen LogP contribution is 2.53. The van der Waals surface area contributed by atoms with Crippen molar-refractivity contribution in [2.45, 2.75) is 6.61 Å². The second kappa shape index (κ2) is 10.2. The lowest BCUT2D eigenvalue weighted by Gasteiger charge is -2.20. The first-order valence-corrected chi connectivity index (χ1v) is 9.59. The highest BCUT2D eigenvalue weighted by Gasteiger charge is 2.27. The Morgan fingerprint density at radius 2 is 1.39 bits per heavy atom. The van der Waals surface area contributed by atoms with Crippen LogP contribution in [0.5, 0.6) is 28.7 Å². The summed E-state index contributed by atoms with van der Waals surface area (Å²) in [5, 5.41) is 10.9. The Morgan fingerprint density at radius 3 is 1.97 bits per heavy atom. The molecule has 31 heavy (non-hydrogen) atoms. The van der Waals surface area contributed by atoms with Crippen LogP contribution in [0.15, 0.2) is 66.7 Å². The number of phenols is 1. The number of methoxy groups -OCH3 is 3. The predicted molar refractivity (Wildman–Crippen MR) is 118 cm³/mol. The molecule has 1 N–H and O–H groups in total. The van der Waals surface area contributed by atoms with E-state index in [2.05, 4.69) is 0 Å². The summed E-state index contributed by atoms with van der Waals surface area (Å²) < 4.78 is 22.4. The van der Waals surface area contributed by atoms with Gasteiger partial charge in [-0.2, -0.15) is 0 Å². The molecule has 0 aliphatic rings. The Bertz CT molecular complexity index is 1060. The molecule has 0 spiro atoms. The van der Waals surface area contributed by atoms with Crippen molar-refractivity contribution in [2.24, 2.45) is 0 Å². The number of rotatable bonds is 9. The van der Waals surface area contributed by atoms with Gasteiger partial charge < -0.3 is 24.1 Å². The Morgan fingerprint density at radius 1 is 0.806 bits per heavy atom. The van der Waals surface area contributed by atoms with E-state index < -0.39 is 0 Å². The van der Waals surface area contributed by atoms with Crippen LogP contribution in [0.4, 0.5) is 0 Å². The first-order valence-electron chi connectivity index (χ1n) is 9.59. The average Bonchev–Trinajstić information content (AvgIpc) is 2.82. The number of carbonyl (C=O) groups excluding carboxylic acids is 1. The summed E-state index contributed by atoms with van der Waals surface area (Å²) in [7, 11) is 4.33. The van der Waals surface area contributed by atoms with E-state index in [1.54, 1.807) is 24.3 Å². The fourth-order valence-corrected chi connectivity index (χ4v) is 3.12. The lowest BCUT2D eigenvalue weighted by atomic mass is 10.1. The molecule has 6 heteroatoms. The van der Waals surface area contributed by atoms with E-state index in [9.17, 15) is 9.90 Å². The van der Waals surface area contributed by atoms with Crippen LogP contribution in [-0.2, 0) is 6.61 Å². The number of hydrogen-bond acceptors (Lipinski definition) is 6. The van der Waals surface area contributed by atoms with E-state index in [1.807, 2.05) is 36.4 Å². The van der Waals surface area contributed by atoms with Gasteiger partial charge in [-0.15, -0.1) is 0 Å². The van der Waals surface area contributed by atoms with E-state index in [4.69, 9.17) is 18.9 Å². The van der Waals surface area contributed by atoms with Crippen molar-refractivity contribution in [3.8, 4) is 28.7 Å². The van der Waals surface area contributed by atoms with E-state index in [-0.39, 0.29) is 46.7 Å². The van der Waals surface area contributed by atoms with Gasteiger partial charge in [0.25, 0.3) is 0 Å². The molecule has 0 aliphatic heterocycles. The number of phenolic OH excluding ortho intramolecular Hbond substituents is 1. The number of aromatic hydroxyl groups is 1. The number of carbonyl (C=O) groups is 1. The van der Waals surface area contributed by atoms with Gasteiger partial charge in [0, 0.05) is 5.56 Å². The number of ether oxygens (including phenoxy) is 4. The maximum absolute atomic E-state index is 12.5. The van der Waals surface area contributed by atoms with Crippen LogP contribution in [0.3, 0.4) is 0 Å². The van der Waals surface area contributed by atoms with E-state index in [0.29, 0.717) is 5.56 Å². The summed E-state index contributed by atoms with van der Waals surface area (Å²) in [5.74, 6) is 0.320. The Balaban J connectivity index is 2.02. The van der Waals surface area contributed by atoms with E-state index in [1.165, 1.54) is 33.5 Å². The third-order valence-corrected chi connectivity index (χ3v) is 4.63. The Hall–Kier alpha value is -3.93. The smallest absolute Gasteiger partial charge is 0.211 e. The molecule has 3 aromatic carbocycles. The summed E-state index contributed by atoms with van der Waals surface area (Å²) >= 11 is 0. The van der Waals surface area contributed by atoms with Crippen molar-refractivity contribution in [1.29, 1.82) is 0 Å². The second-order valence-corrected chi connectivity index (χ2v) is 6.53. The van der Waals surface area contributed by atoms with Crippen molar-refractivity contribution in [3.63, 3.8) is 0 Å². The summed E-state index contributed by atoms with van der Waals surface area (Å²) in [5.41, 5.74) is 1.70. The monoisotopic (exact) mass is 420 g/mol. The zero-order valence-corrected chi connectivity index (χ0v) is 17.6. The quantitative estimate of drug-likeness (QED) is 0.392. The fraction of sp³-hybridized carbons (Fsp3) is 0.160. The topological polar surface area (TPSA) is 74.2 Å². The molecule has 0 bridgehead atoms. The molecule has 0 saturated heterocycles. The molecular formula is C25H24O6. The molecule has 0 radical (unpaired) electrons. The third kappa shape index (κ3) is 4.80. The van der Waals surface area contributed by atoms with Crippen LogP contribution < -0.4 is 18.9 Å². The summed E-state index contributed by atoms with van der Waals surface area (Å²) in [6.07, 6.45) is 2.83.